The Labute approximate surface area is 127 Å². The molecule has 5 heteroatoms. The number of hydrogen-bond donors (Lipinski definition) is 2. The molecule has 1 heterocycles. The van der Waals surface area contributed by atoms with Crippen LogP contribution in [-0.4, -0.2) is 9.59 Å². The van der Waals surface area contributed by atoms with Crippen molar-refractivity contribution in [2.24, 2.45) is 11.8 Å². The van der Waals surface area contributed by atoms with E-state index in [1.807, 2.05) is 0 Å². The minimum absolute atomic E-state index is 0.0164. The van der Waals surface area contributed by atoms with Crippen molar-refractivity contribution in [2.75, 3.05) is 0 Å². The van der Waals surface area contributed by atoms with E-state index >= 15 is 0 Å². The van der Waals surface area contributed by atoms with Crippen LogP contribution >= 0.6 is 11.5 Å². The molecule has 0 aliphatic carbocycles. The molecule has 2 unspecified atom stereocenters. The van der Waals surface area contributed by atoms with Crippen LogP contribution in [0.15, 0.2) is 0 Å². The summed E-state index contributed by atoms with van der Waals surface area (Å²) in [5.41, 5.74) is 4.08. The van der Waals surface area contributed by atoms with Crippen LogP contribution in [0, 0.1) is 5.92 Å². The van der Waals surface area contributed by atoms with Gasteiger partial charge in [-0.25, -0.2) is 0 Å². The molecule has 0 aliphatic rings. The third-order valence-corrected chi connectivity index (χ3v) is 4.69. The number of hydrazine groups is 1. The second kappa shape index (κ2) is 8.05. The average Bonchev–Trinajstić information content (AvgIpc) is 2.88. The second-order valence-electron chi connectivity index (χ2n) is 6.61. The van der Waals surface area contributed by atoms with Crippen molar-refractivity contribution in [1.29, 1.82) is 0 Å². The first-order valence-corrected chi connectivity index (χ1v) is 8.50. The Balaban J connectivity index is 2.83. The fourth-order valence-electron chi connectivity index (χ4n) is 2.51. The van der Waals surface area contributed by atoms with E-state index in [1.165, 1.54) is 42.1 Å². The van der Waals surface area contributed by atoms with Crippen LogP contribution in [0.25, 0.3) is 0 Å². The largest absolute Gasteiger partial charge is 0.271 e. The predicted octanol–water partition coefficient (Wildman–Crippen LogP) is 3.95. The summed E-state index contributed by atoms with van der Waals surface area (Å²) in [5.74, 6) is 6.52. The number of unbranched alkanes of at least 4 members (excludes halogenated alkanes) is 1. The normalized spacial score (nSPS) is 15.3. The van der Waals surface area contributed by atoms with E-state index in [2.05, 4.69) is 49.6 Å². The monoisotopic (exact) mass is 298 g/mol. The summed E-state index contributed by atoms with van der Waals surface area (Å²) in [5, 5.41) is 4.32. The van der Waals surface area contributed by atoms with Gasteiger partial charge in [0.25, 0.3) is 0 Å². The summed E-state index contributed by atoms with van der Waals surface area (Å²) in [6, 6.07) is 0.172. The highest BCUT2D eigenvalue weighted by Crippen LogP contribution is 2.34. The van der Waals surface area contributed by atoms with Crippen LogP contribution in [0.3, 0.4) is 0 Å². The van der Waals surface area contributed by atoms with E-state index in [-0.39, 0.29) is 11.5 Å². The highest BCUT2D eigenvalue weighted by Gasteiger charge is 2.28. The molecule has 0 bridgehead atoms. The number of aromatic nitrogens is 2. The Hall–Kier alpha value is -0.520. The van der Waals surface area contributed by atoms with Gasteiger partial charge in [-0.1, -0.05) is 64.8 Å². The van der Waals surface area contributed by atoms with Crippen LogP contribution in [-0.2, 0) is 5.41 Å². The van der Waals surface area contributed by atoms with Crippen molar-refractivity contribution in [2.45, 2.75) is 78.2 Å². The van der Waals surface area contributed by atoms with Gasteiger partial charge in [0, 0.05) is 5.41 Å². The number of nitrogens with two attached hydrogens (primary N) is 1. The van der Waals surface area contributed by atoms with Gasteiger partial charge in [0.15, 0.2) is 0 Å². The molecule has 116 valence electrons. The molecule has 1 aromatic rings. The van der Waals surface area contributed by atoms with E-state index < -0.39 is 0 Å². The van der Waals surface area contributed by atoms with Crippen molar-refractivity contribution >= 4 is 11.5 Å². The summed E-state index contributed by atoms with van der Waals surface area (Å²) < 4.78 is 4.15. The van der Waals surface area contributed by atoms with Crippen molar-refractivity contribution in [3.8, 4) is 0 Å². The van der Waals surface area contributed by atoms with Gasteiger partial charge < -0.3 is 0 Å². The Bertz CT molecular complexity index is 383. The number of hydrogen-bond acceptors (Lipinski definition) is 5. The summed E-state index contributed by atoms with van der Waals surface area (Å²) in [7, 11) is 0. The van der Waals surface area contributed by atoms with Crippen LogP contribution in [0.5, 0.6) is 0 Å². The van der Waals surface area contributed by atoms with Gasteiger partial charge in [-0.15, -0.1) is 5.10 Å². The summed E-state index contributed by atoms with van der Waals surface area (Å²) in [6.07, 6.45) is 6.10. The lowest BCUT2D eigenvalue weighted by Gasteiger charge is -2.24. The zero-order valence-electron chi connectivity index (χ0n) is 13.6. The SMILES string of the molecule is CCCCC(CC)CC(NN)c1snnc1C(C)(C)C. The first-order valence-electron chi connectivity index (χ1n) is 7.72. The van der Waals surface area contributed by atoms with Gasteiger partial charge in [-0.3, -0.25) is 11.3 Å². The molecule has 0 fully saturated rings. The standard InChI is InChI=1S/C15H30N4S/c1-6-8-9-11(7-2)10-12(17-16)13-14(15(3,4)5)18-19-20-13/h11-12,17H,6-10,16H2,1-5H3. The second-order valence-corrected chi connectivity index (χ2v) is 7.39. The topological polar surface area (TPSA) is 63.8 Å². The lowest BCUT2D eigenvalue weighted by atomic mass is 9.86. The van der Waals surface area contributed by atoms with Gasteiger partial charge in [-0.05, 0) is 23.9 Å². The minimum Gasteiger partial charge on any atom is -0.271 e. The van der Waals surface area contributed by atoms with Crippen molar-refractivity contribution in [3.05, 3.63) is 10.6 Å². The molecule has 1 aromatic heterocycles. The molecular formula is C15H30N4S. The molecule has 0 aromatic carbocycles. The van der Waals surface area contributed by atoms with Crippen LogP contribution < -0.4 is 11.3 Å². The Morgan fingerprint density at radius 1 is 1.30 bits per heavy atom. The predicted molar refractivity (Wildman–Crippen MR) is 86.6 cm³/mol. The average molecular weight is 299 g/mol. The molecular weight excluding hydrogens is 268 g/mol. The number of nitrogens with zero attached hydrogens (tertiary/aromatic N) is 2. The van der Waals surface area contributed by atoms with E-state index in [0.717, 1.165) is 12.1 Å². The number of nitrogens with one attached hydrogen (secondary N) is 1. The minimum atomic E-state index is 0.0164. The zero-order valence-corrected chi connectivity index (χ0v) is 14.4. The van der Waals surface area contributed by atoms with Gasteiger partial charge >= 0.3 is 0 Å². The fraction of sp³-hybridized carbons (Fsp3) is 0.867. The van der Waals surface area contributed by atoms with E-state index in [4.69, 9.17) is 5.84 Å². The van der Waals surface area contributed by atoms with Crippen LogP contribution in [0.2, 0.25) is 0 Å². The summed E-state index contributed by atoms with van der Waals surface area (Å²) in [4.78, 5) is 1.20. The highest BCUT2D eigenvalue weighted by molar-refractivity contribution is 7.05. The highest BCUT2D eigenvalue weighted by atomic mass is 32.1. The molecule has 3 N–H and O–H groups in total. The molecule has 1 rings (SSSR count). The van der Waals surface area contributed by atoms with E-state index in [1.54, 1.807) is 0 Å². The lowest BCUT2D eigenvalue weighted by Crippen LogP contribution is -2.31. The summed E-state index contributed by atoms with van der Waals surface area (Å²) in [6.45, 7) is 11.0. The first-order chi connectivity index (χ1) is 9.43. The molecule has 0 saturated carbocycles. The van der Waals surface area contributed by atoms with Crippen molar-refractivity contribution in [3.63, 3.8) is 0 Å². The van der Waals surface area contributed by atoms with Crippen molar-refractivity contribution in [1.82, 2.24) is 15.0 Å². The Morgan fingerprint density at radius 2 is 2.00 bits per heavy atom. The molecule has 4 nitrogen and oxygen atoms in total. The molecule has 0 saturated heterocycles. The van der Waals surface area contributed by atoms with Crippen LogP contribution in [0.1, 0.15) is 83.3 Å². The molecule has 20 heavy (non-hydrogen) atoms. The third-order valence-electron chi connectivity index (χ3n) is 3.85. The quantitative estimate of drug-likeness (QED) is 0.563. The van der Waals surface area contributed by atoms with Crippen molar-refractivity contribution < 1.29 is 0 Å². The molecule has 0 radical (unpaired) electrons. The maximum Gasteiger partial charge on any atom is 0.0857 e. The smallest absolute Gasteiger partial charge is 0.0857 e. The Kier molecular flexibility index (Phi) is 7.06. The maximum absolute atomic E-state index is 5.81. The first kappa shape index (κ1) is 17.5. The molecule has 0 aliphatic heterocycles. The number of rotatable bonds is 8. The van der Waals surface area contributed by atoms with Gasteiger partial charge in [0.2, 0.25) is 0 Å². The molecule has 0 spiro atoms. The van der Waals surface area contributed by atoms with Crippen LogP contribution in [0.4, 0.5) is 0 Å². The van der Waals surface area contributed by atoms with Gasteiger partial charge in [0.1, 0.15) is 0 Å². The van der Waals surface area contributed by atoms with Gasteiger partial charge in [-0.2, -0.15) is 0 Å². The fourth-order valence-corrected chi connectivity index (χ4v) is 3.45. The lowest BCUT2D eigenvalue weighted by molar-refractivity contribution is 0.355. The van der Waals surface area contributed by atoms with Gasteiger partial charge in [0.05, 0.1) is 16.6 Å². The van der Waals surface area contributed by atoms with E-state index in [9.17, 15) is 0 Å². The van der Waals surface area contributed by atoms with E-state index in [0.29, 0.717) is 5.92 Å². The molecule has 0 amide bonds. The third kappa shape index (κ3) is 4.79. The zero-order chi connectivity index (χ0) is 15.2. The summed E-state index contributed by atoms with van der Waals surface area (Å²) >= 11 is 1.48. The Morgan fingerprint density at radius 3 is 2.50 bits per heavy atom. The maximum atomic E-state index is 5.81. The molecule has 2 atom stereocenters.